The third-order valence-corrected chi connectivity index (χ3v) is 4.65. The van der Waals surface area contributed by atoms with Crippen molar-refractivity contribution in [2.75, 3.05) is 10.5 Å². The summed E-state index contributed by atoms with van der Waals surface area (Å²) in [5.41, 5.74) is 7.41. The lowest BCUT2D eigenvalue weighted by Gasteiger charge is -2.12. The number of nitrogen functional groups attached to an aromatic ring is 1. The topological polar surface area (TPSA) is 101 Å². The van der Waals surface area contributed by atoms with Gasteiger partial charge < -0.3 is 5.73 Å². The SMILES string of the molecule is Cc1cn[nH]c1NS(=O)(=O)c1cc(Br)cc(N)c1C. The summed E-state index contributed by atoms with van der Waals surface area (Å²) in [6.07, 6.45) is 1.54. The van der Waals surface area contributed by atoms with Crippen LogP contribution in [0.15, 0.2) is 27.7 Å². The second-order valence-electron chi connectivity index (χ2n) is 4.15. The molecule has 1 heterocycles. The van der Waals surface area contributed by atoms with Crippen molar-refractivity contribution in [2.45, 2.75) is 18.7 Å². The zero-order valence-electron chi connectivity index (χ0n) is 10.4. The number of hydrogen-bond acceptors (Lipinski definition) is 4. The summed E-state index contributed by atoms with van der Waals surface area (Å²) >= 11 is 3.24. The molecule has 8 heteroatoms. The number of anilines is 2. The first-order chi connectivity index (χ1) is 8.81. The number of sulfonamides is 1. The number of nitrogens with two attached hydrogens (primary N) is 1. The minimum atomic E-state index is -3.71. The molecule has 0 bridgehead atoms. The summed E-state index contributed by atoms with van der Waals surface area (Å²) in [7, 11) is -3.71. The van der Waals surface area contributed by atoms with E-state index < -0.39 is 10.0 Å². The molecule has 0 atom stereocenters. The van der Waals surface area contributed by atoms with Crippen LogP contribution in [0.1, 0.15) is 11.1 Å². The number of halogens is 1. The molecule has 1 aromatic heterocycles. The molecule has 1 aromatic carbocycles. The normalized spacial score (nSPS) is 11.5. The third kappa shape index (κ3) is 2.74. The number of aromatic nitrogens is 2. The van der Waals surface area contributed by atoms with E-state index in [0.29, 0.717) is 27.1 Å². The number of aryl methyl sites for hydroxylation is 1. The summed E-state index contributed by atoms with van der Waals surface area (Å²) in [6, 6.07) is 3.18. The molecule has 19 heavy (non-hydrogen) atoms. The van der Waals surface area contributed by atoms with Crippen LogP contribution in [-0.4, -0.2) is 18.6 Å². The van der Waals surface area contributed by atoms with Gasteiger partial charge >= 0.3 is 0 Å². The highest BCUT2D eigenvalue weighted by Gasteiger charge is 2.20. The number of nitrogens with one attached hydrogen (secondary N) is 2. The van der Waals surface area contributed by atoms with E-state index in [0.717, 1.165) is 0 Å². The van der Waals surface area contributed by atoms with E-state index >= 15 is 0 Å². The Morgan fingerprint density at radius 3 is 2.63 bits per heavy atom. The molecule has 2 aromatic rings. The zero-order chi connectivity index (χ0) is 14.2. The van der Waals surface area contributed by atoms with Crippen LogP contribution >= 0.6 is 15.9 Å². The molecule has 2 rings (SSSR count). The first kappa shape index (κ1) is 13.9. The van der Waals surface area contributed by atoms with Crippen LogP contribution in [0.5, 0.6) is 0 Å². The van der Waals surface area contributed by atoms with Gasteiger partial charge in [0.25, 0.3) is 10.0 Å². The van der Waals surface area contributed by atoms with Crippen LogP contribution in [0.3, 0.4) is 0 Å². The van der Waals surface area contributed by atoms with Gasteiger partial charge in [-0.3, -0.25) is 9.82 Å². The van der Waals surface area contributed by atoms with E-state index in [1.54, 1.807) is 26.1 Å². The molecule has 0 aliphatic heterocycles. The fourth-order valence-electron chi connectivity index (χ4n) is 1.59. The second-order valence-corrected chi connectivity index (χ2v) is 6.72. The minimum absolute atomic E-state index is 0.133. The Hall–Kier alpha value is -1.54. The Bertz CT molecular complexity index is 724. The lowest BCUT2D eigenvalue weighted by atomic mass is 10.2. The summed E-state index contributed by atoms with van der Waals surface area (Å²) < 4.78 is 27.7. The standard InChI is InChI=1S/C11H13BrN4O2S/c1-6-5-14-15-11(6)16-19(17,18)10-4-8(12)3-9(13)7(10)2/h3-5H,13H2,1-2H3,(H2,14,15,16). The lowest BCUT2D eigenvalue weighted by Crippen LogP contribution is -2.16. The molecule has 0 aliphatic carbocycles. The molecule has 0 amide bonds. The molecular formula is C11H13BrN4O2S. The highest BCUT2D eigenvalue weighted by molar-refractivity contribution is 9.10. The Labute approximate surface area is 119 Å². The lowest BCUT2D eigenvalue weighted by molar-refractivity contribution is 0.600. The van der Waals surface area contributed by atoms with E-state index in [9.17, 15) is 8.42 Å². The smallest absolute Gasteiger partial charge is 0.263 e. The van der Waals surface area contributed by atoms with Gasteiger partial charge in [-0.1, -0.05) is 15.9 Å². The van der Waals surface area contributed by atoms with Crippen molar-refractivity contribution >= 4 is 37.5 Å². The highest BCUT2D eigenvalue weighted by atomic mass is 79.9. The van der Waals surface area contributed by atoms with E-state index in [1.165, 1.54) is 6.07 Å². The third-order valence-electron chi connectivity index (χ3n) is 2.72. The van der Waals surface area contributed by atoms with Gasteiger partial charge in [0.1, 0.15) is 5.82 Å². The van der Waals surface area contributed by atoms with Crippen LogP contribution in [-0.2, 0) is 10.0 Å². The van der Waals surface area contributed by atoms with E-state index in [-0.39, 0.29) is 4.90 Å². The molecular weight excluding hydrogens is 332 g/mol. The predicted octanol–water partition coefficient (Wildman–Crippen LogP) is 2.17. The number of rotatable bonds is 3. The fraction of sp³-hybridized carbons (Fsp3) is 0.182. The maximum absolute atomic E-state index is 12.3. The molecule has 0 saturated heterocycles. The number of aromatic amines is 1. The Balaban J connectivity index is 2.49. The van der Waals surface area contributed by atoms with Gasteiger partial charge in [0.2, 0.25) is 0 Å². The Kier molecular flexibility index (Phi) is 3.55. The van der Waals surface area contributed by atoms with Gasteiger partial charge in [0.15, 0.2) is 0 Å². The van der Waals surface area contributed by atoms with Crippen molar-refractivity contribution in [1.29, 1.82) is 0 Å². The van der Waals surface area contributed by atoms with Crippen LogP contribution in [0.2, 0.25) is 0 Å². The van der Waals surface area contributed by atoms with Crippen molar-refractivity contribution in [3.05, 3.63) is 33.9 Å². The first-order valence-corrected chi connectivity index (χ1v) is 7.67. The van der Waals surface area contributed by atoms with Crippen LogP contribution in [0, 0.1) is 13.8 Å². The maximum atomic E-state index is 12.3. The number of H-pyrrole nitrogens is 1. The first-order valence-electron chi connectivity index (χ1n) is 5.39. The van der Waals surface area contributed by atoms with Gasteiger partial charge in [-0.2, -0.15) is 5.10 Å². The van der Waals surface area contributed by atoms with Crippen molar-refractivity contribution in [3.63, 3.8) is 0 Å². The molecule has 102 valence electrons. The monoisotopic (exact) mass is 344 g/mol. The van der Waals surface area contributed by atoms with E-state index in [4.69, 9.17) is 5.73 Å². The van der Waals surface area contributed by atoms with Gasteiger partial charge in [-0.15, -0.1) is 0 Å². The molecule has 6 nitrogen and oxygen atoms in total. The summed E-state index contributed by atoms with van der Waals surface area (Å²) in [5.74, 6) is 0.345. The van der Waals surface area contributed by atoms with Crippen molar-refractivity contribution in [1.82, 2.24) is 10.2 Å². The predicted molar refractivity (Wildman–Crippen MR) is 77.4 cm³/mol. The van der Waals surface area contributed by atoms with E-state index in [2.05, 4.69) is 30.8 Å². The molecule has 0 saturated carbocycles. The zero-order valence-corrected chi connectivity index (χ0v) is 12.8. The molecule has 0 unspecified atom stereocenters. The maximum Gasteiger partial charge on any atom is 0.263 e. The Morgan fingerprint density at radius 2 is 2.05 bits per heavy atom. The van der Waals surface area contributed by atoms with E-state index in [1.807, 2.05) is 0 Å². The van der Waals surface area contributed by atoms with Crippen molar-refractivity contribution in [3.8, 4) is 0 Å². The quantitative estimate of drug-likeness (QED) is 0.742. The van der Waals surface area contributed by atoms with Gasteiger partial charge in [-0.25, -0.2) is 8.42 Å². The molecule has 0 radical (unpaired) electrons. The summed E-state index contributed by atoms with van der Waals surface area (Å²) in [5, 5.41) is 6.37. The summed E-state index contributed by atoms with van der Waals surface area (Å²) in [6.45, 7) is 3.42. The highest BCUT2D eigenvalue weighted by Crippen LogP contribution is 2.27. The number of nitrogens with zero attached hydrogens (tertiary/aromatic N) is 1. The molecule has 0 fully saturated rings. The molecule has 0 spiro atoms. The second kappa shape index (κ2) is 4.86. The fourth-order valence-corrected chi connectivity index (χ4v) is 3.61. The number of hydrogen-bond donors (Lipinski definition) is 3. The van der Waals surface area contributed by atoms with Crippen LogP contribution < -0.4 is 10.5 Å². The van der Waals surface area contributed by atoms with Crippen molar-refractivity contribution in [2.24, 2.45) is 0 Å². The number of benzene rings is 1. The molecule has 4 N–H and O–H groups in total. The summed E-state index contributed by atoms with van der Waals surface area (Å²) in [4.78, 5) is 0.133. The minimum Gasteiger partial charge on any atom is -0.398 e. The average molecular weight is 345 g/mol. The van der Waals surface area contributed by atoms with Crippen LogP contribution in [0.4, 0.5) is 11.5 Å². The van der Waals surface area contributed by atoms with Gasteiger partial charge in [0, 0.05) is 15.7 Å². The van der Waals surface area contributed by atoms with Crippen molar-refractivity contribution < 1.29 is 8.42 Å². The Morgan fingerprint density at radius 1 is 1.37 bits per heavy atom. The average Bonchev–Trinajstić information content (AvgIpc) is 2.69. The largest absolute Gasteiger partial charge is 0.398 e. The van der Waals surface area contributed by atoms with Gasteiger partial charge in [0.05, 0.1) is 11.1 Å². The van der Waals surface area contributed by atoms with Crippen LogP contribution in [0.25, 0.3) is 0 Å². The van der Waals surface area contributed by atoms with Gasteiger partial charge in [-0.05, 0) is 31.5 Å². The molecule has 0 aliphatic rings.